The number of ether oxygens (including phenoxy) is 1. The Labute approximate surface area is 83.6 Å². The Morgan fingerprint density at radius 2 is 2.21 bits per heavy atom. The van der Waals surface area contributed by atoms with Crippen LogP contribution in [-0.2, 0) is 9.53 Å². The van der Waals surface area contributed by atoms with Crippen molar-refractivity contribution in [2.75, 3.05) is 6.54 Å². The Hall–Kier alpha value is -0.610. The van der Waals surface area contributed by atoms with Gasteiger partial charge in [-0.1, -0.05) is 13.8 Å². The van der Waals surface area contributed by atoms with Crippen LogP contribution in [0.5, 0.6) is 0 Å². The lowest BCUT2D eigenvalue weighted by Gasteiger charge is -2.28. The highest BCUT2D eigenvalue weighted by Crippen LogP contribution is 2.46. The number of nitrogens with one attached hydrogen (secondary N) is 1. The monoisotopic (exact) mass is 199 g/mol. The smallest absolute Gasteiger partial charge is 0.252 e. The zero-order chi connectivity index (χ0) is 10.3. The van der Waals surface area contributed by atoms with E-state index in [0.717, 1.165) is 6.42 Å². The first kappa shape index (κ1) is 9.93. The Balaban J connectivity index is 0.000000354. The molecule has 1 amide bonds. The number of hydrogen-bond acceptors (Lipinski definition) is 3. The second kappa shape index (κ2) is 3.21. The summed E-state index contributed by atoms with van der Waals surface area (Å²) in [7, 11) is 0. The van der Waals surface area contributed by atoms with E-state index in [1.54, 1.807) is 0 Å². The first-order chi connectivity index (χ1) is 6.70. The van der Waals surface area contributed by atoms with Crippen LogP contribution in [0.3, 0.4) is 0 Å². The predicted molar refractivity (Wildman–Crippen MR) is 50.7 cm³/mol. The maximum Gasteiger partial charge on any atom is 0.252 e. The Bertz CT molecular complexity index is 256. The first-order valence-corrected chi connectivity index (χ1v) is 5.36. The summed E-state index contributed by atoms with van der Waals surface area (Å²) in [5, 5.41) is 12.7. The molecule has 4 nitrogen and oxygen atoms in total. The van der Waals surface area contributed by atoms with E-state index in [1.807, 2.05) is 13.8 Å². The van der Waals surface area contributed by atoms with E-state index in [2.05, 4.69) is 5.32 Å². The lowest BCUT2D eigenvalue weighted by Crippen LogP contribution is -2.46. The molecule has 0 aromatic carbocycles. The molecule has 4 unspecified atom stereocenters. The fourth-order valence-electron chi connectivity index (χ4n) is 2.41. The van der Waals surface area contributed by atoms with Crippen molar-refractivity contribution in [1.29, 1.82) is 0 Å². The minimum Gasteiger partial charge on any atom is -0.380 e. The summed E-state index contributed by atoms with van der Waals surface area (Å²) < 4.78 is 5.29. The second-order valence-corrected chi connectivity index (χ2v) is 3.98. The van der Waals surface area contributed by atoms with Gasteiger partial charge in [0.05, 0.1) is 12.2 Å². The third-order valence-corrected chi connectivity index (χ3v) is 3.29. The molecule has 4 atom stereocenters. The van der Waals surface area contributed by atoms with Crippen molar-refractivity contribution in [1.82, 2.24) is 5.32 Å². The Morgan fingerprint density at radius 3 is 2.93 bits per heavy atom. The van der Waals surface area contributed by atoms with Crippen LogP contribution >= 0.6 is 0 Å². The molecule has 0 aromatic rings. The highest BCUT2D eigenvalue weighted by Gasteiger charge is 2.60. The van der Waals surface area contributed by atoms with Gasteiger partial charge in [0.25, 0.3) is 5.91 Å². The molecule has 2 saturated heterocycles. The number of carbonyl (C=O) groups is 1. The molecule has 0 aromatic heterocycles. The summed E-state index contributed by atoms with van der Waals surface area (Å²) in [6, 6.07) is 0. The number of aliphatic hydroxyl groups is 1. The van der Waals surface area contributed by atoms with Crippen LogP contribution in [0.15, 0.2) is 0 Å². The maximum atomic E-state index is 11.3. The molecule has 3 rings (SSSR count). The lowest BCUT2D eigenvalue weighted by molar-refractivity contribution is -0.140. The Morgan fingerprint density at radius 1 is 1.50 bits per heavy atom. The molecule has 4 heteroatoms. The van der Waals surface area contributed by atoms with Crippen LogP contribution < -0.4 is 5.32 Å². The van der Waals surface area contributed by atoms with E-state index in [-0.39, 0.29) is 17.9 Å². The van der Waals surface area contributed by atoms with Gasteiger partial charge in [0.2, 0.25) is 0 Å². The molecule has 3 fully saturated rings. The highest BCUT2D eigenvalue weighted by molar-refractivity contribution is 5.88. The number of fused-ring (bicyclic) bond motifs is 2. The molecule has 0 radical (unpaired) electrons. The van der Waals surface area contributed by atoms with E-state index in [0.29, 0.717) is 19.1 Å². The summed E-state index contributed by atoms with van der Waals surface area (Å²) in [6.07, 6.45) is 1.80. The summed E-state index contributed by atoms with van der Waals surface area (Å²) in [4.78, 5) is 11.3. The van der Waals surface area contributed by atoms with Crippen LogP contribution in [0.2, 0.25) is 0 Å². The fraction of sp³-hybridized carbons (Fsp3) is 0.900. The Kier molecular flexibility index (Phi) is 2.27. The van der Waals surface area contributed by atoms with Gasteiger partial charge in [0, 0.05) is 18.9 Å². The van der Waals surface area contributed by atoms with Crippen molar-refractivity contribution < 1.29 is 14.6 Å². The molecule has 2 aliphatic heterocycles. The summed E-state index contributed by atoms with van der Waals surface area (Å²) in [5.41, 5.74) is -1.11. The molecule has 3 aliphatic rings. The minimum atomic E-state index is -1.11. The van der Waals surface area contributed by atoms with Crippen molar-refractivity contribution in [3.63, 3.8) is 0 Å². The van der Waals surface area contributed by atoms with Crippen LogP contribution in [-0.4, -0.2) is 35.4 Å². The van der Waals surface area contributed by atoms with Gasteiger partial charge < -0.3 is 15.2 Å². The van der Waals surface area contributed by atoms with Crippen LogP contribution in [0.25, 0.3) is 0 Å². The number of epoxide rings is 1. The topological polar surface area (TPSA) is 61.9 Å². The van der Waals surface area contributed by atoms with E-state index in [4.69, 9.17) is 4.74 Å². The zero-order valence-corrected chi connectivity index (χ0v) is 8.62. The predicted octanol–water partition coefficient (Wildman–Crippen LogP) is 0.0509. The third-order valence-electron chi connectivity index (χ3n) is 3.29. The summed E-state index contributed by atoms with van der Waals surface area (Å²) in [5.74, 6) is -0.129. The van der Waals surface area contributed by atoms with Gasteiger partial charge in [-0.25, -0.2) is 0 Å². The summed E-state index contributed by atoms with van der Waals surface area (Å²) >= 11 is 0. The molecule has 1 aliphatic carbocycles. The van der Waals surface area contributed by atoms with E-state index < -0.39 is 5.60 Å². The first-order valence-electron chi connectivity index (χ1n) is 5.36. The summed E-state index contributed by atoms with van der Waals surface area (Å²) in [6.45, 7) is 4.61. The highest BCUT2D eigenvalue weighted by atomic mass is 16.6. The minimum absolute atomic E-state index is 0.0775. The lowest BCUT2D eigenvalue weighted by atomic mass is 9.77. The molecule has 80 valence electrons. The molecule has 2 heterocycles. The number of hydrogen-bond donors (Lipinski definition) is 2. The van der Waals surface area contributed by atoms with Gasteiger partial charge in [-0.3, -0.25) is 4.79 Å². The van der Waals surface area contributed by atoms with Gasteiger partial charge >= 0.3 is 0 Å². The average molecular weight is 199 g/mol. The van der Waals surface area contributed by atoms with Gasteiger partial charge in [-0.2, -0.15) is 0 Å². The van der Waals surface area contributed by atoms with Gasteiger partial charge in [-0.15, -0.1) is 0 Å². The fourth-order valence-corrected chi connectivity index (χ4v) is 2.41. The molecular weight excluding hydrogens is 182 g/mol. The number of rotatable bonds is 0. The van der Waals surface area contributed by atoms with Gasteiger partial charge in [-0.05, 0) is 6.42 Å². The van der Waals surface area contributed by atoms with E-state index in [9.17, 15) is 9.90 Å². The second-order valence-electron chi connectivity index (χ2n) is 3.98. The van der Waals surface area contributed by atoms with Crippen molar-refractivity contribution in [3.05, 3.63) is 0 Å². The molecule has 14 heavy (non-hydrogen) atoms. The maximum absolute atomic E-state index is 11.3. The van der Waals surface area contributed by atoms with Crippen LogP contribution in [0.4, 0.5) is 0 Å². The van der Waals surface area contributed by atoms with Gasteiger partial charge in [0.15, 0.2) is 0 Å². The van der Waals surface area contributed by atoms with Crippen LogP contribution in [0, 0.1) is 5.92 Å². The zero-order valence-electron chi connectivity index (χ0n) is 8.62. The molecule has 0 bridgehead atoms. The third kappa shape index (κ3) is 1.25. The van der Waals surface area contributed by atoms with E-state index in [1.165, 1.54) is 0 Å². The van der Waals surface area contributed by atoms with Crippen LogP contribution in [0.1, 0.15) is 26.7 Å². The number of amides is 1. The quantitative estimate of drug-likeness (QED) is 0.542. The van der Waals surface area contributed by atoms with Gasteiger partial charge in [0.1, 0.15) is 5.60 Å². The SMILES string of the molecule is CC.O=C1NCC2CC3OC3CC12O. The molecular formula is C10H17NO3. The normalized spacial score (nSPS) is 48.2. The number of carbonyl (C=O) groups excluding carboxylic acids is 1. The van der Waals surface area contributed by atoms with Crippen molar-refractivity contribution in [2.45, 2.75) is 44.5 Å². The van der Waals surface area contributed by atoms with E-state index >= 15 is 0 Å². The molecule has 0 spiro atoms. The average Bonchev–Trinajstić information content (AvgIpc) is 2.88. The molecule has 1 saturated carbocycles. The van der Waals surface area contributed by atoms with Crippen molar-refractivity contribution in [3.8, 4) is 0 Å². The molecule has 2 N–H and O–H groups in total. The van der Waals surface area contributed by atoms with Crippen molar-refractivity contribution >= 4 is 5.91 Å². The standard InChI is InChI=1S/C8H11NO3.C2H6/c10-7-8(11)2-6-5(12-6)1-4(8)3-9-7;1-2/h4-6,11H,1-3H2,(H,9,10);1-2H3. The largest absolute Gasteiger partial charge is 0.380 e. The van der Waals surface area contributed by atoms with Crippen molar-refractivity contribution in [2.24, 2.45) is 5.92 Å².